The normalized spacial score (nSPS) is 18.3. The van der Waals surface area contributed by atoms with Gasteiger partial charge >= 0.3 is 0 Å². The fourth-order valence-electron chi connectivity index (χ4n) is 1.41. The third kappa shape index (κ3) is 2.13. The maximum Gasteiger partial charge on any atom is 0.0958 e. The average Bonchev–Trinajstić information content (AvgIpc) is 2.03. The van der Waals surface area contributed by atoms with Gasteiger partial charge in [-0.3, -0.25) is 0 Å². The second-order valence-electron chi connectivity index (χ2n) is 4.28. The maximum atomic E-state index is 5.17. The Labute approximate surface area is 75.1 Å². The van der Waals surface area contributed by atoms with Crippen molar-refractivity contribution in [3.05, 3.63) is 23.5 Å². The quantitative estimate of drug-likeness (QED) is 0.581. The van der Waals surface area contributed by atoms with Crippen LogP contribution in [0.5, 0.6) is 0 Å². The molecule has 1 aliphatic carbocycles. The number of hydrogen-bond acceptors (Lipinski definition) is 1. The Hall–Kier alpha value is -0.720. The van der Waals surface area contributed by atoms with Crippen molar-refractivity contribution in [3.63, 3.8) is 0 Å². The molecule has 0 saturated carbocycles. The Morgan fingerprint density at radius 2 is 1.83 bits per heavy atom. The van der Waals surface area contributed by atoms with Crippen molar-refractivity contribution < 1.29 is 4.74 Å². The lowest BCUT2D eigenvalue weighted by Crippen LogP contribution is -2.11. The van der Waals surface area contributed by atoms with E-state index in [1.807, 2.05) is 0 Å². The predicted molar refractivity (Wildman–Crippen MR) is 51.9 cm³/mol. The van der Waals surface area contributed by atoms with Crippen molar-refractivity contribution in [2.24, 2.45) is 5.41 Å². The largest absolute Gasteiger partial charge is 0.501 e. The summed E-state index contributed by atoms with van der Waals surface area (Å²) in [4.78, 5) is 0. The van der Waals surface area contributed by atoms with Gasteiger partial charge in [-0.15, -0.1) is 0 Å². The van der Waals surface area contributed by atoms with Gasteiger partial charge in [0.2, 0.25) is 0 Å². The highest BCUT2D eigenvalue weighted by atomic mass is 16.5. The van der Waals surface area contributed by atoms with Crippen LogP contribution >= 0.6 is 0 Å². The molecule has 0 fully saturated rings. The molecule has 0 unspecified atom stereocenters. The predicted octanol–water partition coefficient (Wildman–Crippen LogP) is 3.28. The summed E-state index contributed by atoms with van der Waals surface area (Å²) in [6, 6.07) is 0. The first kappa shape index (κ1) is 9.37. The van der Waals surface area contributed by atoms with E-state index in [4.69, 9.17) is 4.74 Å². The van der Waals surface area contributed by atoms with E-state index >= 15 is 0 Å². The summed E-state index contributed by atoms with van der Waals surface area (Å²) in [5.74, 6) is 1.10. The standard InChI is InChI=1S/C11H18O/c1-11(2,3)9-5-7-10(12-4)8-6-9/h5,7H,6,8H2,1-4H3. The minimum atomic E-state index is 0.315. The summed E-state index contributed by atoms with van der Waals surface area (Å²) in [6.45, 7) is 6.76. The van der Waals surface area contributed by atoms with Gasteiger partial charge in [0.15, 0.2) is 0 Å². The van der Waals surface area contributed by atoms with Crippen LogP contribution in [0.25, 0.3) is 0 Å². The van der Waals surface area contributed by atoms with E-state index in [0.717, 1.165) is 18.6 Å². The van der Waals surface area contributed by atoms with E-state index in [9.17, 15) is 0 Å². The van der Waals surface area contributed by atoms with Crippen LogP contribution in [0.1, 0.15) is 33.6 Å². The first-order chi connectivity index (χ1) is 5.54. The van der Waals surface area contributed by atoms with Crippen molar-refractivity contribution in [3.8, 4) is 0 Å². The zero-order chi connectivity index (χ0) is 9.19. The molecule has 68 valence electrons. The van der Waals surface area contributed by atoms with Crippen LogP contribution in [0.2, 0.25) is 0 Å². The number of ether oxygens (including phenoxy) is 1. The van der Waals surface area contributed by atoms with Gasteiger partial charge in [-0.05, 0) is 17.9 Å². The molecule has 1 heteroatoms. The lowest BCUT2D eigenvalue weighted by molar-refractivity contribution is 0.272. The summed E-state index contributed by atoms with van der Waals surface area (Å²) in [5.41, 5.74) is 1.83. The van der Waals surface area contributed by atoms with Crippen molar-refractivity contribution in [2.75, 3.05) is 7.11 Å². The average molecular weight is 166 g/mol. The number of rotatable bonds is 1. The van der Waals surface area contributed by atoms with Gasteiger partial charge in [-0.2, -0.15) is 0 Å². The molecule has 0 heterocycles. The Kier molecular flexibility index (Phi) is 2.61. The van der Waals surface area contributed by atoms with Crippen molar-refractivity contribution in [2.45, 2.75) is 33.6 Å². The SMILES string of the molecule is COC1=CC=C(C(C)(C)C)CC1. The second kappa shape index (κ2) is 3.34. The monoisotopic (exact) mass is 166 g/mol. The van der Waals surface area contributed by atoms with Gasteiger partial charge in [0, 0.05) is 6.42 Å². The summed E-state index contributed by atoms with van der Waals surface area (Å²) in [5, 5.41) is 0. The van der Waals surface area contributed by atoms with Gasteiger partial charge in [0.25, 0.3) is 0 Å². The van der Waals surface area contributed by atoms with Crippen molar-refractivity contribution in [1.82, 2.24) is 0 Å². The Morgan fingerprint density at radius 1 is 1.17 bits per heavy atom. The molecule has 12 heavy (non-hydrogen) atoms. The van der Waals surface area contributed by atoms with E-state index in [1.54, 1.807) is 7.11 Å². The lowest BCUT2D eigenvalue weighted by Gasteiger charge is -2.25. The molecular weight excluding hydrogens is 148 g/mol. The molecule has 0 aliphatic heterocycles. The molecule has 1 rings (SSSR count). The minimum Gasteiger partial charge on any atom is -0.501 e. The van der Waals surface area contributed by atoms with Crippen molar-refractivity contribution in [1.29, 1.82) is 0 Å². The zero-order valence-electron chi connectivity index (χ0n) is 8.48. The molecule has 0 saturated heterocycles. The van der Waals surface area contributed by atoms with Crippen LogP contribution in [-0.4, -0.2) is 7.11 Å². The smallest absolute Gasteiger partial charge is 0.0958 e. The molecule has 0 spiro atoms. The zero-order valence-corrected chi connectivity index (χ0v) is 8.48. The fraction of sp³-hybridized carbons (Fsp3) is 0.636. The Balaban J connectivity index is 2.73. The Morgan fingerprint density at radius 3 is 2.17 bits per heavy atom. The molecule has 1 aliphatic rings. The Bertz CT molecular complexity index is 216. The molecule has 0 amide bonds. The number of hydrogen-bond donors (Lipinski definition) is 0. The fourth-order valence-corrected chi connectivity index (χ4v) is 1.41. The highest BCUT2D eigenvalue weighted by molar-refractivity contribution is 5.24. The molecule has 1 nitrogen and oxygen atoms in total. The summed E-state index contributed by atoms with van der Waals surface area (Å²) in [7, 11) is 1.74. The highest BCUT2D eigenvalue weighted by Crippen LogP contribution is 2.32. The summed E-state index contributed by atoms with van der Waals surface area (Å²) >= 11 is 0. The number of methoxy groups -OCH3 is 1. The van der Waals surface area contributed by atoms with E-state index in [-0.39, 0.29) is 0 Å². The second-order valence-corrected chi connectivity index (χ2v) is 4.28. The first-order valence-electron chi connectivity index (χ1n) is 4.48. The van der Waals surface area contributed by atoms with Crippen LogP contribution in [0.15, 0.2) is 23.5 Å². The first-order valence-corrected chi connectivity index (χ1v) is 4.48. The van der Waals surface area contributed by atoms with Crippen molar-refractivity contribution >= 4 is 0 Å². The molecule has 0 atom stereocenters. The van der Waals surface area contributed by atoms with Gasteiger partial charge in [0.05, 0.1) is 12.9 Å². The molecule has 0 bridgehead atoms. The molecule has 0 aromatic heterocycles. The molecular formula is C11H18O. The van der Waals surface area contributed by atoms with E-state index < -0.39 is 0 Å². The van der Waals surface area contributed by atoms with Crippen LogP contribution in [0, 0.1) is 5.41 Å². The van der Waals surface area contributed by atoms with Crippen LogP contribution < -0.4 is 0 Å². The van der Waals surface area contributed by atoms with Gasteiger partial charge in [0.1, 0.15) is 0 Å². The highest BCUT2D eigenvalue weighted by Gasteiger charge is 2.18. The topological polar surface area (TPSA) is 9.23 Å². The van der Waals surface area contributed by atoms with Crippen LogP contribution in [-0.2, 0) is 4.74 Å². The summed E-state index contributed by atoms with van der Waals surface area (Å²) in [6.07, 6.45) is 6.48. The minimum absolute atomic E-state index is 0.315. The van der Waals surface area contributed by atoms with Crippen LogP contribution in [0.3, 0.4) is 0 Å². The molecule has 0 aromatic rings. The van der Waals surface area contributed by atoms with E-state index in [1.165, 1.54) is 5.57 Å². The lowest BCUT2D eigenvalue weighted by atomic mass is 9.82. The molecule has 0 aromatic carbocycles. The third-order valence-electron chi connectivity index (χ3n) is 2.34. The van der Waals surface area contributed by atoms with E-state index in [2.05, 4.69) is 32.9 Å². The van der Waals surface area contributed by atoms with Gasteiger partial charge in [-0.25, -0.2) is 0 Å². The number of allylic oxidation sites excluding steroid dienone is 4. The summed E-state index contributed by atoms with van der Waals surface area (Å²) < 4.78 is 5.17. The maximum absolute atomic E-state index is 5.17. The van der Waals surface area contributed by atoms with Gasteiger partial charge < -0.3 is 4.74 Å². The van der Waals surface area contributed by atoms with Crippen LogP contribution in [0.4, 0.5) is 0 Å². The third-order valence-corrected chi connectivity index (χ3v) is 2.34. The van der Waals surface area contributed by atoms with E-state index in [0.29, 0.717) is 5.41 Å². The van der Waals surface area contributed by atoms with Gasteiger partial charge in [-0.1, -0.05) is 32.4 Å². The molecule has 0 N–H and O–H groups in total. The molecule has 0 radical (unpaired) electrons.